The minimum Gasteiger partial charge on any atom is -0.425 e. The molecule has 2 unspecified atom stereocenters. The van der Waals surface area contributed by atoms with E-state index >= 15 is 0 Å². The Kier molecular flexibility index (Phi) is 3.38. The minimum atomic E-state index is 0.418. The van der Waals surface area contributed by atoms with E-state index in [0.717, 1.165) is 50.8 Å². The van der Waals surface area contributed by atoms with Crippen molar-refractivity contribution in [1.29, 1.82) is 0 Å². The van der Waals surface area contributed by atoms with Crippen LogP contribution in [0.4, 0.5) is 0 Å². The van der Waals surface area contributed by atoms with Gasteiger partial charge < -0.3 is 15.1 Å². The van der Waals surface area contributed by atoms with Crippen LogP contribution < -0.4 is 10.6 Å². The normalized spacial score (nSPS) is 30.4. The lowest BCUT2D eigenvalue weighted by atomic mass is 9.99. The summed E-state index contributed by atoms with van der Waals surface area (Å²) in [6.45, 7) is 4.18. The zero-order chi connectivity index (χ0) is 11.5. The summed E-state index contributed by atoms with van der Waals surface area (Å²) in [5, 5.41) is 15.2. The summed E-state index contributed by atoms with van der Waals surface area (Å²) in [7, 11) is 0. The molecule has 0 bridgehead atoms. The molecule has 0 amide bonds. The van der Waals surface area contributed by atoms with Crippen molar-refractivity contribution in [2.45, 2.75) is 37.5 Å². The molecular formula is C12H20N4O. The van der Waals surface area contributed by atoms with Gasteiger partial charge >= 0.3 is 0 Å². The molecule has 1 aromatic rings. The average molecular weight is 236 g/mol. The van der Waals surface area contributed by atoms with Gasteiger partial charge in [-0.2, -0.15) is 0 Å². The molecule has 17 heavy (non-hydrogen) atoms. The van der Waals surface area contributed by atoms with Crippen LogP contribution in [0.3, 0.4) is 0 Å². The number of nitrogens with one attached hydrogen (secondary N) is 2. The third-order valence-corrected chi connectivity index (χ3v) is 3.75. The van der Waals surface area contributed by atoms with E-state index in [1.54, 1.807) is 0 Å². The first-order chi connectivity index (χ1) is 8.43. The quantitative estimate of drug-likeness (QED) is 0.802. The van der Waals surface area contributed by atoms with Crippen LogP contribution in [0.5, 0.6) is 0 Å². The molecule has 0 radical (unpaired) electrons. The highest BCUT2D eigenvalue weighted by molar-refractivity contribution is 4.99. The lowest BCUT2D eigenvalue weighted by Gasteiger charge is -2.20. The van der Waals surface area contributed by atoms with Gasteiger partial charge in [0.15, 0.2) is 0 Å². The van der Waals surface area contributed by atoms with Gasteiger partial charge in [-0.3, -0.25) is 0 Å². The van der Waals surface area contributed by atoms with Gasteiger partial charge in [0, 0.05) is 24.9 Å². The van der Waals surface area contributed by atoms with E-state index in [-0.39, 0.29) is 0 Å². The molecule has 2 fully saturated rings. The van der Waals surface area contributed by atoms with Crippen LogP contribution in [-0.4, -0.2) is 36.4 Å². The van der Waals surface area contributed by atoms with Gasteiger partial charge in [-0.15, -0.1) is 10.2 Å². The first-order valence-electron chi connectivity index (χ1n) is 6.68. The first kappa shape index (κ1) is 11.2. The summed E-state index contributed by atoms with van der Waals surface area (Å²) in [5.41, 5.74) is 0. The lowest BCUT2D eigenvalue weighted by Crippen LogP contribution is -2.29. The van der Waals surface area contributed by atoms with Gasteiger partial charge in [-0.25, -0.2) is 0 Å². The van der Waals surface area contributed by atoms with Gasteiger partial charge in [0.2, 0.25) is 11.8 Å². The maximum Gasteiger partial charge on any atom is 0.220 e. The fraction of sp³-hybridized carbons (Fsp3) is 0.833. The molecule has 3 heterocycles. The van der Waals surface area contributed by atoms with Crippen molar-refractivity contribution in [3.05, 3.63) is 11.8 Å². The van der Waals surface area contributed by atoms with Crippen LogP contribution in [0, 0.1) is 0 Å². The lowest BCUT2D eigenvalue weighted by molar-refractivity contribution is 0.331. The van der Waals surface area contributed by atoms with Crippen molar-refractivity contribution in [1.82, 2.24) is 20.8 Å². The van der Waals surface area contributed by atoms with Crippen LogP contribution >= 0.6 is 0 Å². The summed E-state index contributed by atoms with van der Waals surface area (Å²) in [6, 6.07) is 0. The Balaban J connectivity index is 1.68. The van der Waals surface area contributed by atoms with Crippen molar-refractivity contribution in [3.8, 4) is 0 Å². The molecule has 2 N–H and O–H groups in total. The van der Waals surface area contributed by atoms with E-state index in [1.165, 1.54) is 12.8 Å². The summed E-state index contributed by atoms with van der Waals surface area (Å²) in [6.07, 6.45) is 4.73. The van der Waals surface area contributed by atoms with E-state index < -0.39 is 0 Å². The smallest absolute Gasteiger partial charge is 0.220 e. The number of nitrogens with zero attached hydrogens (tertiary/aromatic N) is 2. The number of aromatic nitrogens is 2. The summed E-state index contributed by atoms with van der Waals surface area (Å²) in [4.78, 5) is 0. The van der Waals surface area contributed by atoms with E-state index in [4.69, 9.17) is 4.42 Å². The summed E-state index contributed by atoms with van der Waals surface area (Å²) in [5.74, 6) is 2.50. The third-order valence-electron chi connectivity index (χ3n) is 3.75. The molecule has 2 aliphatic rings. The Morgan fingerprint density at radius 3 is 1.82 bits per heavy atom. The molecule has 1 aromatic heterocycles. The molecule has 5 nitrogen and oxygen atoms in total. The largest absolute Gasteiger partial charge is 0.425 e. The zero-order valence-corrected chi connectivity index (χ0v) is 10.1. The highest BCUT2D eigenvalue weighted by Gasteiger charge is 2.25. The molecule has 0 aromatic carbocycles. The average Bonchev–Trinajstić information content (AvgIpc) is 2.90. The predicted molar refractivity (Wildman–Crippen MR) is 64.0 cm³/mol. The Bertz CT molecular complexity index is 321. The number of piperidine rings is 2. The monoisotopic (exact) mass is 236 g/mol. The highest BCUT2D eigenvalue weighted by Crippen LogP contribution is 2.26. The van der Waals surface area contributed by atoms with Crippen LogP contribution in [0.1, 0.15) is 49.3 Å². The second kappa shape index (κ2) is 5.14. The molecule has 2 saturated heterocycles. The first-order valence-corrected chi connectivity index (χ1v) is 6.68. The van der Waals surface area contributed by atoms with Crippen molar-refractivity contribution in [3.63, 3.8) is 0 Å². The molecule has 2 atom stereocenters. The van der Waals surface area contributed by atoms with E-state index in [0.29, 0.717) is 11.8 Å². The molecule has 0 saturated carbocycles. The highest BCUT2D eigenvalue weighted by atomic mass is 16.4. The second-order valence-electron chi connectivity index (χ2n) is 5.07. The van der Waals surface area contributed by atoms with E-state index in [2.05, 4.69) is 20.8 Å². The zero-order valence-electron chi connectivity index (χ0n) is 10.1. The van der Waals surface area contributed by atoms with Crippen LogP contribution in [0.15, 0.2) is 4.42 Å². The molecule has 94 valence electrons. The van der Waals surface area contributed by atoms with Gasteiger partial charge in [0.25, 0.3) is 0 Å². The van der Waals surface area contributed by atoms with Crippen LogP contribution in [-0.2, 0) is 0 Å². The molecule has 0 spiro atoms. The number of rotatable bonds is 2. The van der Waals surface area contributed by atoms with Gasteiger partial charge in [-0.05, 0) is 38.8 Å². The van der Waals surface area contributed by atoms with Crippen LogP contribution in [0.2, 0.25) is 0 Å². The van der Waals surface area contributed by atoms with Crippen LogP contribution in [0.25, 0.3) is 0 Å². The van der Waals surface area contributed by atoms with Gasteiger partial charge in [0.1, 0.15) is 0 Å². The van der Waals surface area contributed by atoms with Gasteiger partial charge in [-0.1, -0.05) is 0 Å². The van der Waals surface area contributed by atoms with E-state index in [9.17, 15) is 0 Å². The Labute approximate surface area is 101 Å². The molecule has 3 rings (SSSR count). The van der Waals surface area contributed by atoms with E-state index in [1.807, 2.05) is 0 Å². The maximum absolute atomic E-state index is 5.86. The maximum atomic E-state index is 5.86. The Hall–Kier alpha value is -0.940. The topological polar surface area (TPSA) is 63.0 Å². The fourth-order valence-corrected chi connectivity index (χ4v) is 2.70. The van der Waals surface area contributed by atoms with Crippen molar-refractivity contribution < 1.29 is 4.42 Å². The number of hydrogen-bond donors (Lipinski definition) is 2. The molecular weight excluding hydrogens is 216 g/mol. The van der Waals surface area contributed by atoms with Crippen molar-refractivity contribution in [2.24, 2.45) is 0 Å². The minimum absolute atomic E-state index is 0.418. The second-order valence-corrected chi connectivity index (χ2v) is 5.07. The Morgan fingerprint density at radius 1 is 0.882 bits per heavy atom. The fourth-order valence-electron chi connectivity index (χ4n) is 2.70. The predicted octanol–water partition coefficient (Wildman–Crippen LogP) is 1.00. The third kappa shape index (κ3) is 2.50. The van der Waals surface area contributed by atoms with Crippen molar-refractivity contribution in [2.75, 3.05) is 26.2 Å². The molecule has 2 aliphatic heterocycles. The van der Waals surface area contributed by atoms with Gasteiger partial charge in [0.05, 0.1) is 0 Å². The Morgan fingerprint density at radius 2 is 1.41 bits per heavy atom. The number of hydrogen-bond acceptors (Lipinski definition) is 5. The van der Waals surface area contributed by atoms with Crippen molar-refractivity contribution >= 4 is 0 Å². The summed E-state index contributed by atoms with van der Waals surface area (Å²) >= 11 is 0. The summed E-state index contributed by atoms with van der Waals surface area (Å²) < 4.78 is 5.86. The molecule has 0 aliphatic carbocycles. The SMILES string of the molecule is C1CNCC(c2nnc(C3CCCNC3)o2)C1. The molecule has 5 heteroatoms. The standard InChI is InChI=1S/C12H20N4O/c1-3-9(7-13-5-1)11-15-16-12(17-11)10-4-2-6-14-8-10/h9-10,13-14H,1-8H2.